The molecule has 1 fully saturated rings. The van der Waals surface area contributed by atoms with Gasteiger partial charge in [-0.15, -0.1) is 11.8 Å². The molecule has 0 atom stereocenters. The molecule has 0 bridgehead atoms. The first-order valence-electron chi connectivity index (χ1n) is 7.98. The maximum atomic E-state index is 4.75. The van der Waals surface area contributed by atoms with Gasteiger partial charge < -0.3 is 5.32 Å². The molecule has 0 amide bonds. The Bertz CT molecular complexity index is 414. The highest BCUT2D eigenvalue weighted by atomic mass is 32.2. The molecule has 1 aromatic heterocycles. The molecule has 112 valence electrons. The first-order chi connectivity index (χ1) is 9.69. The van der Waals surface area contributed by atoms with Gasteiger partial charge in [0.05, 0.1) is 0 Å². The average Bonchev–Trinajstić information content (AvgIpc) is 2.46. The Kier molecular flexibility index (Phi) is 6.14. The number of anilines is 1. The van der Waals surface area contributed by atoms with E-state index in [1.807, 2.05) is 11.8 Å². The van der Waals surface area contributed by atoms with Gasteiger partial charge in [-0.1, -0.05) is 40.0 Å². The van der Waals surface area contributed by atoms with Crippen molar-refractivity contribution in [2.45, 2.75) is 75.5 Å². The summed E-state index contributed by atoms with van der Waals surface area (Å²) in [5, 5.41) is 5.30. The fourth-order valence-electron chi connectivity index (χ4n) is 2.46. The predicted octanol–water partition coefficient (Wildman–Crippen LogP) is 4.85. The Morgan fingerprint density at radius 3 is 2.65 bits per heavy atom. The van der Waals surface area contributed by atoms with Crippen molar-refractivity contribution >= 4 is 17.6 Å². The van der Waals surface area contributed by atoms with Crippen molar-refractivity contribution in [1.82, 2.24) is 9.97 Å². The monoisotopic (exact) mass is 293 g/mol. The summed E-state index contributed by atoms with van der Waals surface area (Å²) in [6, 6.07) is 2.13. The molecule has 1 N–H and O–H groups in total. The zero-order valence-electron chi connectivity index (χ0n) is 13.0. The van der Waals surface area contributed by atoms with Crippen molar-refractivity contribution < 1.29 is 0 Å². The standard InChI is InChI=1S/C16H27N3S/c1-4-10-17-14-11-15(19-16(18-14)12(2)3)20-13-8-6-5-7-9-13/h11-13H,4-10H2,1-3H3,(H,17,18,19). The second-order valence-electron chi connectivity index (χ2n) is 5.91. The lowest BCUT2D eigenvalue weighted by molar-refractivity contribution is 0.515. The van der Waals surface area contributed by atoms with E-state index in [0.717, 1.165) is 34.9 Å². The average molecular weight is 293 g/mol. The zero-order valence-corrected chi connectivity index (χ0v) is 13.8. The summed E-state index contributed by atoms with van der Waals surface area (Å²) in [6.45, 7) is 7.47. The van der Waals surface area contributed by atoms with Gasteiger partial charge >= 0.3 is 0 Å². The van der Waals surface area contributed by atoms with Gasteiger partial charge in [-0.05, 0) is 19.3 Å². The number of hydrogen-bond acceptors (Lipinski definition) is 4. The van der Waals surface area contributed by atoms with Gasteiger partial charge in [0.1, 0.15) is 16.7 Å². The highest BCUT2D eigenvalue weighted by molar-refractivity contribution is 7.99. The molecule has 4 heteroatoms. The molecular weight excluding hydrogens is 266 g/mol. The van der Waals surface area contributed by atoms with E-state index in [9.17, 15) is 0 Å². The maximum Gasteiger partial charge on any atom is 0.134 e. The normalized spacial score (nSPS) is 16.6. The lowest BCUT2D eigenvalue weighted by atomic mass is 10.0. The van der Waals surface area contributed by atoms with Gasteiger partial charge in [0, 0.05) is 23.8 Å². The van der Waals surface area contributed by atoms with Gasteiger partial charge in [0.2, 0.25) is 0 Å². The number of nitrogens with one attached hydrogen (secondary N) is 1. The van der Waals surface area contributed by atoms with Crippen LogP contribution < -0.4 is 5.32 Å². The van der Waals surface area contributed by atoms with Crippen molar-refractivity contribution in [2.24, 2.45) is 0 Å². The van der Waals surface area contributed by atoms with Crippen LogP contribution in [0.2, 0.25) is 0 Å². The molecule has 0 aromatic carbocycles. The van der Waals surface area contributed by atoms with E-state index < -0.39 is 0 Å². The summed E-state index contributed by atoms with van der Waals surface area (Å²) in [4.78, 5) is 9.37. The molecule has 0 radical (unpaired) electrons. The van der Waals surface area contributed by atoms with E-state index >= 15 is 0 Å². The van der Waals surface area contributed by atoms with Crippen LogP contribution in [-0.4, -0.2) is 21.8 Å². The third-order valence-electron chi connectivity index (χ3n) is 3.63. The molecular formula is C16H27N3S. The minimum atomic E-state index is 0.379. The summed E-state index contributed by atoms with van der Waals surface area (Å²) in [7, 11) is 0. The summed E-state index contributed by atoms with van der Waals surface area (Å²) < 4.78 is 0. The Morgan fingerprint density at radius 2 is 2.00 bits per heavy atom. The third kappa shape index (κ3) is 4.65. The Morgan fingerprint density at radius 1 is 1.25 bits per heavy atom. The van der Waals surface area contributed by atoms with Crippen molar-refractivity contribution in [3.63, 3.8) is 0 Å². The number of nitrogens with zero attached hydrogens (tertiary/aromatic N) is 2. The van der Waals surface area contributed by atoms with E-state index in [4.69, 9.17) is 4.98 Å². The molecule has 3 nitrogen and oxygen atoms in total. The van der Waals surface area contributed by atoms with E-state index in [-0.39, 0.29) is 0 Å². The minimum absolute atomic E-state index is 0.379. The quantitative estimate of drug-likeness (QED) is 0.761. The summed E-state index contributed by atoms with van der Waals surface area (Å²) >= 11 is 1.95. The Labute approximate surface area is 127 Å². The molecule has 0 unspecified atom stereocenters. The molecule has 0 saturated heterocycles. The van der Waals surface area contributed by atoms with Crippen LogP contribution in [0.5, 0.6) is 0 Å². The van der Waals surface area contributed by atoms with Gasteiger partial charge in [0.15, 0.2) is 0 Å². The molecule has 0 spiro atoms. The Balaban J connectivity index is 2.10. The SMILES string of the molecule is CCCNc1cc(SC2CCCCC2)nc(C(C)C)n1. The predicted molar refractivity (Wildman–Crippen MR) is 87.6 cm³/mol. The van der Waals surface area contributed by atoms with Crippen LogP contribution in [-0.2, 0) is 0 Å². The van der Waals surface area contributed by atoms with Crippen LogP contribution in [0.3, 0.4) is 0 Å². The minimum Gasteiger partial charge on any atom is -0.370 e. The Hall–Kier alpha value is -0.770. The summed E-state index contributed by atoms with van der Waals surface area (Å²) in [5.74, 6) is 2.33. The second-order valence-corrected chi connectivity index (χ2v) is 7.23. The summed E-state index contributed by atoms with van der Waals surface area (Å²) in [5.41, 5.74) is 0. The van der Waals surface area contributed by atoms with Crippen LogP contribution in [0, 0.1) is 0 Å². The topological polar surface area (TPSA) is 37.8 Å². The highest BCUT2D eigenvalue weighted by Gasteiger charge is 2.17. The molecule has 0 aliphatic heterocycles. The van der Waals surface area contributed by atoms with Gasteiger partial charge in [0.25, 0.3) is 0 Å². The van der Waals surface area contributed by atoms with E-state index in [2.05, 4.69) is 37.1 Å². The first-order valence-corrected chi connectivity index (χ1v) is 8.86. The van der Waals surface area contributed by atoms with Crippen LogP contribution in [0.25, 0.3) is 0 Å². The smallest absolute Gasteiger partial charge is 0.134 e. The van der Waals surface area contributed by atoms with Crippen molar-refractivity contribution in [2.75, 3.05) is 11.9 Å². The van der Waals surface area contributed by atoms with E-state index in [1.54, 1.807) is 0 Å². The molecule has 1 aliphatic carbocycles. The van der Waals surface area contributed by atoms with Crippen molar-refractivity contribution in [3.05, 3.63) is 11.9 Å². The lowest BCUT2D eigenvalue weighted by Gasteiger charge is -2.21. The molecule has 2 rings (SSSR count). The van der Waals surface area contributed by atoms with Gasteiger partial charge in [-0.2, -0.15) is 0 Å². The maximum absolute atomic E-state index is 4.75. The molecule has 20 heavy (non-hydrogen) atoms. The number of rotatable bonds is 6. The number of aromatic nitrogens is 2. The molecule has 1 heterocycles. The van der Waals surface area contributed by atoms with E-state index in [1.165, 1.54) is 32.1 Å². The number of hydrogen-bond donors (Lipinski definition) is 1. The summed E-state index contributed by atoms with van der Waals surface area (Å²) in [6.07, 6.45) is 7.95. The first kappa shape index (κ1) is 15.6. The fourth-order valence-corrected chi connectivity index (χ4v) is 3.70. The van der Waals surface area contributed by atoms with E-state index in [0.29, 0.717) is 5.92 Å². The van der Waals surface area contributed by atoms with Crippen LogP contribution in [0.4, 0.5) is 5.82 Å². The van der Waals surface area contributed by atoms with Gasteiger partial charge in [-0.3, -0.25) is 0 Å². The molecule has 1 saturated carbocycles. The molecule has 1 aromatic rings. The van der Waals surface area contributed by atoms with Crippen LogP contribution >= 0.6 is 11.8 Å². The third-order valence-corrected chi connectivity index (χ3v) is 4.89. The lowest BCUT2D eigenvalue weighted by Crippen LogP contribution is -2.10. The highest BCUT2D eigenvalue weighted by Crippen LogP contribution is 2.33. The molecule has 1 aliphatic rings. The van der Waals surface area contributed by atoms with Crippen LogP contribution in [0.1, 0.15) is 71.0 Å². The van der Waals surface area contributed by atoms with Crippen molar-refractivity contribution in [3.8, 4) is 0 Å². The largest absolute Gasteiger partial charge is 0.370 e. The number of thioether (sulfide) groups is 1. The van der Waals surface area contributed by atoms with Crippen molar-refractivity contribution in [1.29, 1.82) is 0 Å². The second kappa shape index (κ2) is 7.87. The zero-order chi connectivity index (χ0) is 14.4. The van der Waals surface area contributed by atoms with Gasteiger partial charge in [-0.25, -0.2) is 9.97 Å². The van der Waals surface area contributed by atoms with Crippen LogP contribution in [0.15, 0.2) is 11.1 Å². The fraction of sp³-hybridized carbons (Fsp3) is 0.750.